The molecule has 2 aliphatic carbocycles. The standard InChI is InChI=1S/C37H45N3O6S/c1-22(2)20-47(43,44)38-35(41)24-9-13-29-32(15-24)39-21-37(36(42)40-25-10-11-26(40)19-46-18-25)17-31(37)30-16-27(45-3)12-14-28(30)34(39)33(29)23-7-5-4-6-8-23/h9,12-16,22-23,25-26,31H,4-8,10-11,17-21H2,1-3H3,(H,38,41)/t25-,26?,31?,37?/m0/s1. The molecule has 2 saturated carbocycles. The van der Waals surface area contributed by atoms with E-state index in [0.29, 0.717) is 31.2 Å². The summed E-state index contributed by atoms with van der Waals surface area (Å²) in [6.45, 7) is 5.33. The number of sulfonamides is 1. The molecule has 5 aliphatic rings. The fourth-order valence-electron chi connectivity index (χ4n) is 9.32. The van der Waals surface area contributed by atoms with Gasteiger partial charge < -0.3 is 18.9 Å². The van der Waals surface area contributed by atoms with E-state index in [0.717, 1.165) is 65.6 Å². The Labute approximate surface area is 277 Å². The molecule has 2 aromatic carbocycles. The first-order valence-electron chi connectivity index (χ1n) is 17.4. The number of hydrogen-bond acceptors (Lipinski definition) is 6. The zero-order chi connectivity index (χ0) is 32.7. The van der Waals surface area contributed by atoms with Crippen LogP contribution in [0.25, 0.3) is 22.2 Å². The number of rotatable bonds is 7. The van der Waals surface area contributed by atoms with Crippen LogP contribution in [0.2, 0.25) is 0 Å². The van der Waals surface area contributed by atoms with Crippen LogP contribution in [0.5, 0.6) is 5.75 Å². The molecule has 4 fully saturated rings. The first kappa shape index (κ1) is 30.9. The third-order valence-corrected chi connectivity index (χ3v) is 13.1. The van der Waals surface area contributed by atoms with E-state index in [2.05, 4.69) is 26.3 Å². The van der Waals surface area contributed by atoms with Crippen LogP contribution in [0.15, 0.2) is 36.4 Å². The molecule has 2 bridgehead atoms. The predicted molar refractivity (Wildman–Crippen MR) is 180 cm³/mol. The zero-order valence-corrected chi connectivity index (χ0v) is 28.4. The smallest absolute Gasteiger partial charge is 0.264 e. The Morgan fingerprint density at radius 2 is 1.77 bits per heavy atom. The Balaban J connectivity index is 1.31. The zero-order valence-electron chi connectivity index (χ0n) is 27.6. The summed E-state index contributed by atoms with van der Waals surface area (Å²) in [7, 11) is -2.09. The topological polar surface area (TPSA) is 107 Å². The molecule has 4 atom stereocenters. The molecule has 3 aromatic rings. The lowest BCUT2D eigenvalue weighted by Gasteiger charge is -2.37. The minimum absolute atomic E-state index is 0.0594. The molecule has 1 N–H and O–H groups in total. The third-order valence-electron chi connectivity index (χ3n) is 11.5. The molecule has 4 heterocycles. The summed E-state index contributed by atoms with van der Waals surface area (Å²) in [4.78, 5) is 30.5. The SMILES string of the molecule is COc1ccc2c(c1)C1CC1(C(=O)N1C3CC[C@H]1COC3)Cn1c-2c(C2CCCCC2)c2ccc(C(=O)NS(=O)(=O)CC(C)C)cc21. The van der Waals surface area contributed by atoms with Gasteiger partial charge in [0.15, 0.2) is 0 Å². The van der Waals surface area contributed by atoms with Crippen LogP contribution in [0, 0.1) is 11.3 Å². The lowest BCUT2D eigenvalue weighted by atomic mass is 9.81. The van der Waals surface area contributed by atoms with Gasteiger partial charge in [-0.25, -0.2) is 13.1 Å². The Bertz CT molecular complexity index is 1860. The lowest BCUT2D eigenvalue weighted by Crippen LogP contribution is -2.52. The number of carbonyl (C=O) groups is 2. The molecule has 250 valence electrons. The average Bonchev–Trinajstić information content (AvgIpc) is 3.65. The van der Waals surface area contributed by atoms with E-state index in [4.69, 9.17) is 9.47 Å². The van der Waals surface area contributed by atoms with E-state index in [1.165, 1.54) is 24.8 Å². The summed E-state index contributed by atoms with van der Waals surface area (Å²) < 4.78 is 41.7. The maximum atomic E-state index is 14.9. The number of fused-ring (bicyclic) bond motifs is 9. The van der Waals surface area contributed by atoms with Gasteiger partial charge in [-0.2, -0.15) is 0 Å². The van der Waals surface area contributed by atoms with Crippen LogP contribution in [-0.2, 0) is 26.1 Å². The van der Waals surface area contributed by atoms with E-state index in [1.807, 2.05) is 32.0 Å². The minimum atomic E-state index is -3.78. The van der Waals surface area contributed by atoms with E-state index in [1.54, 1.807) is 13.2 Å². The number of aromatic nitrogens is 1. The minimum Gasteiger partial charge on any atom is -0.497 e. The Kier molecular flexibility index (Phi) is 7.48. The molecule has 9 nitrogen and oxygen atoms in total. The van der Waals surface area contributed by atoms with Crippen LogP contribution in [0.3, 0.4) is 0 Å². The first-order valence-corrected chi connectivity index (χ1v) is 19.0. The number of hydrogen-bond donors (Lipinski definition) is 1. The number of morpholine rings is 1. The quantitative estimate of drug-likeness (QED) is 0.336. The maximum absolute atomic E-state index is 14.9. The molecule has 2 amide bonds. The number of methoxy groups -OCH3 is 1. The molecule has 10 heteroatoms. The van der Waals surface area contributed by atoms with Crippen molar-refractivity contribution in [1.82, 2.24) is 14.2 Å². The molecule has 8 rings (SSSR count). The maximum Gasteiger partial charge on any atom is 0.264 e. The number of carbonyl (C=O) groups excluding carboxylic acids is 2. The molecule has 47 heavy (non-hydrogen) atoms. The van der Waals surface area contributed by atoms with Gasteiger partial charge in [-0.3, -0.25) is 9.59 Å². The third kappa shape index (κ3) is 5.09. The van der Waals surface area contributed by atoms with Crippen LogP contribution >= 0.6 is 0 Å². The van der Waals surface area contributed by atoms with Crippen molar-refractivity contribution in [3.05, 3.63) is 53.1 Å². The highest BCUT2D eigenvalue weighted by molar-refractivity contribution is 7.90. The second kappa shape index (κ2) is 11.4. The van der Waals surface area contributed by atoms with E-state index >= 15 is 0 Å². The van der Waals surface area contributed by atoms with Crippen molar-refractivity contribution in [2.75, 3.05) is 26.1 Å². The Morgan fingerprint density at radius 1 is 1.02 bits per heavy atom. The largest absolute Gasteiger partial charge is 0.497 e. The number of benzene rings is 2. The van der Waals surface area contributed by atoms with Crippen LogP contribution in [0.1, 0.15) is 98.5 Å². The van der Waals surface area contributed by atoms with E-state index in [-0.39, 0.29) is 35.6 Å². The molecule has 0 radical (unpaired) electrons. The van der Waals surface area contributed by atoms with Crippen molar-refractivity contribution < 1.29 is 27.5 Å². The summed E-state index contributed by atoms with van der Waals surface area (Å²) in [5.41, 5.74) is 5.31. The fourth-order valence-corrected chi connectivity index (χ4v) is 10.7. The Hall–Kier alpha value is -3.37. The lowest BCUT2D eigenvalue weighted by molar-refractivity contribution is -0.147. The van der Waals surface area contributed by atoms with Crippen LogP contribution < -0.4 is 9.46 Å². The highest BCUT2D eigenvalue weighted by Gasteiger charge is 2.65. The molecular weight excluding hydrogens is 614 g/mol. The second-order valence-corrected chi connectivity index (χ2v) is 16.8. The first-order chi connectivity index (χ1) is 22.6. The van der Waals surface area contributed by atoms with Crippen molar-refractivity contribution >= 4 is 32.7 Å². The highest BCUT2D eigenvalue weighted by atomic mass is 32.2. The highest BCUT2D eigenvalue weighted by Crippen LogP contribution is 2.66. The molecular formula is C37H45N3O6S. The van der Waals surface area contributed by atoms with E-state index < -0.39 is 21.3 Å². The van der Waals surface area contributed by atoms with Gasteiger partial charge >= 0.3 is 0 Å². The number of ether oxygens (including phenoxy) is 2. The fraction of sp³-hybridized carbons (Fsp3) is 0.568. The van der Waals surface area contributed by atoms with Gasteiger partial charge in [0.05, 0.1) is 49.3 Å². The van der Waals surface area contributed by atoms with Gasteiger partial charge in [0.2, 0.25) is 15.9 Å². The van der Waals surface area contributed by atoms with Gasteiger partial charge in [-0.05, 0) is 85.4 Å². The second-order valence-electron chi connectivity index (χ2n) is 15.0. The molecule has 3 unspecified atom stereocenters. The van der Waals surface area contributed by atoms with Crippen LogP contribution in [-0.4, -0.2) is 67.9 Å². The number of amides is 2. The summed E-state index contributed by atoms with van der Waals surface area (Å²) in [5, 5.41) is 1.09. The monoisotopic (exact) mass is 659 g/mol. The van der Waals surface area contributed by atoms with Gasteiger partial charge in [0.1, 0.15) is 5.75 Å². The van der Waals surface area contributed by atoms with Crippen molar-refractivity contribution in [1.29, 1.82) is 0 Å². The van der Waals surface area contributed by atoms with Gasteiger partial charge in [0.25, 0.3) is 5.91 Å². The molecule has 2 saturated heterocycles. The van der Waals surface area contributed by atoms with Crippen LogP contribution in [0.4, 0.5) is 0 Å². The summed E-state index contributed by atoms with van der Waals surface area (Å²) >= 11 is 0. The van der Waals surface area contributed by atoms with Crippen molar-refractivity contribution in [2.45, 2.75) is 95.7 Å². The summed E-state index contributed by atoms with van der Waals surface area (Å²) in [5.74, 6) is 0.569. The molecule has 1 aromatic heterocycles. The summed E-state index contributed by atoms with van der Waals surface area (Å²) in [6.07, 6.45) is 8.47. The van der Waals surface area contributed by atoms with Crippen molar-refractivity contribution in [3.63, 3.8) is 0 Å². The van der Waals surface area contributed by atoms with Gasteiger partial charge in [0, 0.05) is 34.5 Å². The van der Waals surface area contributed by atoms with E-state index in [9.17, 15) is 18.0 Å². The Morgan fingerprint density at radius 3 is 2.47 bits per heavy atom. The van der Waals surface area contributed by atoms with Crippen molar-refractivity contribution in [3.8, 4) is 17.0 Å². The number of nitrogens with zero attached hydrogens (tertiary/aromatic N) is 2. The molecule has 0 spiro atoms. The average molecular weight is 660 g/mol. The summed E-state index contributed by atoms with van der Waals surface area (Å²) in [6, 6.07) is 12.2. The number of nitrogens with one attached hydrogen (secondary N) is 1. The van der Waals surface area contributed by atoms with Gasteiger partial charge in [-0.1, -0.05) is 39.2 Å². The molecule has 3 aliphatic heterocycles. The van der Waals surface area contributed by atoms with Gasteiger partial charge in [-0.15, -0.1) is 0 Å². The van der Waals surface area contributed by atoms with Crippen molar-refractivity contribution in [2.24, 2.45) is 11.3 Å². The normalized spacial score (nSPS) is 26.8. The predicted octanol–water partition coefficient (Wildman–Crippen LogP) is 5.96.